The van der Waals surface area contributed by atoms with E-state index in [4.69, 9.17) is 11.6 Å². The number of fused-ring (bicyclic) bond motifs is 6. The molecule has 3 aromatic heterocycles. The Labute approximate surface area is 383 Å². The lowest BCUT2D eigenvalue weighted by molar-refractivity contribution is 1.07. The van der Waals surface area contributed by atoms with Crippen LogP contribution in [0.1, 0.15) is 0 Å². The molecule has 0 aliphatic heterocycles. The summed E-state index contributed by atoms with van der Waals surface area (Å²) >= 11 is 9.78. The number of nitrogens with zero attached hydrogens (tertiary/aromatic N) is 5. The Hall–Kier alpha value is -7.64. The highest BCUT2D eigenvalue weighted by Gasteiger charge is 2.15. The average molecular weight is 907 g/mol. The summed E-state index contributed by atoms with van der Waals surface area (Å²) in [5, 5.41) is 5.20. The first-order valence-electron chi connectivity index (χ1n) is 21.1. The minimum atomic E-state index is 0.179. The van der Waals surface area contributed by atoms with Gasteiger partial charge in [0.25, 0.3) is 0 Å². The van der Waals surface area contributed by atoms with Crippen molar-refractivity contribution in [3.05, 3.63) is 234 Å². The summed E-state index contributed by atoms with van der Waals surface area (Å²) in [5.74, 6) is 1.11. The normalized spacial score (nSPS) is 11.3. The lowest BCUT2D eigenvalue weighted by Crippen LogP contribution is -1.97. The van der Waals surface area contributed by atoms with Gasteiger partial charge in [0.05, 0.1) is 22.1 Å². The van der Waals surface area contributed by atoms with Crippen LogP contribution in [-0.4, -0.2) is 24.1 Å². The summed E-state index contributed by atoms with van der Waals surface area (Å²) in [5.41, 5.74) is 13.7. The van der Waals surface area contributed by atoms with Crippen LogP contribution >= 0.6 is 27.5 Å². The number of para-hydroxylation sites is 4. The molecule has 0 spiro atoms. The highest BCUT2D eigenvalue weighted by Crippen LogP contribution is 2.37. The maximum absolute atomic E-state index is 6.26. The van der Waals surface area contributed by atoms with Crippen LogP contribution < -0.4 is 0 Å². The fourth-order valence-corrected chi connectivity index (χ4v) is 9.09. The summed E-state index contributed by atoms with van der Waals surface area (Å²) in [7, 11) is 0. The Morgan fingerprint density at radius 2 is 0.672 bits per heavy atom. The molecule has 0 aliphatic carbocycles. The quantitative estimate of drug-likeness (QED) is 0.167. The molecule has 0 unspecified atom stereocenters. The third kappa shape index (κ3) is 7.43. The fraction of sp³-hybridized carbons (Fsp3) is 0. The van der Waals surface area contributed by atoms with Crippen LogP contribution in [0.25, 0.3) is 100 Å². The number of hydrogen-bond acceptors (Lipinski definition) is 3. The number of hydrogen-bond donors (Lipinski definition) is 0. The van der Waals surface area contributed by atoms with Gasteiger partial charge >= 0.3 is 0 Å². The standard InChI is InChI=1S/C33H21ClN4.C24H16BrN/c34-33-36-31(23-9-3-1-4-10-23)35-32(37-33)24-17-15-22(16-18-24)25-19-20-30-28(21-25)27-13-7-8-14-29(27)38(30)26-11-5-2-6-12-26;25-19-13-10-17(11-14-19)18-12-15-24-22(16-18)21-8-4-5-9-23(21)26(24)20-6-2-1-3-7-20/h1-21H;1-16H. The molecule has 9 aromatic carbocycles. The van der Waals surface area contributed by atoms with E-state index in [2.05, 4.69) is 216 Å². The molecule has 0 saturated heterocycles. The van der Waals surface area contributed by atoms with Crippen molar-refractivity contribution < 1.29 is 0 Å². The minimum absolute atomic E-state index is 0.179. The van der Waals surface area contributed by atoms with Gasteiger partial charge in [-0.3, -0.25) is 0 Å². The van der Waals surface area contributed by atoms with Crippen molar-refractivity contribution in [2.24, 2.45) is 0 Å². The van der Waals surface area contributed by atoms with Gasteiger partial charge in [0, 0.05) is 48.5 Å². The zero-order valence-corrected chi connectivity index (χ0v) is 36.7. The first-order chi connectivity index (χ1) is 31.6. The molecule has 5 nitrogen and oxygen atoms in total. The predicted octanol–water partition coefficient (Wildman–Crippen LogP) is 15.8. The van der Waals surface area contributed by atoms with Gasteiger partial charge in [-0.15, -0.1) is 0 Å². The molecular formula is C57H37BrClN5. The first-order valence-corrected chi connectivity index (χ1v) is 22.2. The van der Waals surface area contributed by atoms with Crippen LogP contribution in [0.5, 0.6) is 0 Å². The second-order valence-corrected chi connectivity index (χ2v) is 16.8. The Morgan fingerprint density at radius 1 is 0.312 bits per heavy atom. The molecule has 3 heterocycles. The Morgan fingerprint density at radius 3 is 1.16 bits per heavy atom. The van der Waals surface area contributed by atoms with Crippen molar-refractivity contribution >= 4 is 71.1 Å². The van der Waals surface area contributed by atoms with Crippen molar-refractivity contribution in [2.75, 3.05) is 0 Å². The van der Waals surface area contributed by atoms with Crippen molar-refractivity contribution in [3.8, 4) is 56.4 Å². The average Bonchev–Trinajstić information content (AvgIpc) is 3.87. The minimum Gasteiger partial charge on any atom is -0.309 e. The largest absolute Gasteiger partial charge is 0.309 e. The molecule has 0 fully saturated rings. The van der Waals surface area contributed by atoms with E-state index < -0.39 is 0 Å². The van der Waals surface area contributed by atoms with Gasteiger partial charge < -0.3 is 9.13 Å². The van der Waals surface area contributed by atoms with Gasteiger partial charge in [-0.2, -0.15) is 9.97 Å². The summed E-state index contributed by atoms with van der Waals surface area (Å²) < 4.78 is 5.77. The summed E-state index contributed by atoms with van der Waals surface area (Å²) in [6.07, 6.45) is 0. The lowest BCUT2D eigenvalue weighted by Gasteiger charge is -2.08. The zero-order valence-electron chi connectivity index (χ0n) is 34.4. The maximum Gasteiger partial charge on any atom is 0.226 e. The highest BCUT2D eigenvalue weighted by molar-refractivity contribution is 9.10. The Balaban J connectivity index is 0.000000153. The number of halogens is 2. The van der Waals surface area contributed by atoms with Crippen molar-refractivity contribution in [1.29, 1.82) is 0 Å². The Kier molecular flexibility index (Phi) is 10.4. The van der Waals surface area contributed by atoms with E-state index in [9.17, 15) is 0 Å². The molecule has 12 aromatic rings. The topological polar surface area (TPSA) is 48.5 Å². The molecule has 0 saturated carbocycles. The zero-order chi connectivity index (χ0) is 43.0. The van der Waals surface area contributed by atoms with Crippen LogP contribution in [-0.2, 0) is 0 Å². The van der Waals surface area contributed by atoms with Gasteiger partial charge in [0.15, 0.2) is 11.6 Å². The molecule has 304 valence electrons. The summed E-state index contributed by atoms with van der Waals surface area (Å²) in [6.45, 7) is 0. The van der Waals surface area contributed by atoms with Gasteiger partial charge in [-0.05, 0) is 107 Å². The van der Waals surface area contributed by atoms with Gasteiger partial charge in [0.2, 0.25) is 5.28 Å². The molecule has 0 radical (unpaired) electrons. The smallest absolute Gasteiger partial charge is 0.226 e. The lowest BCUT2D eigenvalue weighted by atomic mass is 10.0. The van der Waals surface area contributed by atoms with E-state index >= 15 is 0 Å². The van der Waals surface area contributed by atoms with Crippen LogP contribution in [0.2, 0.25) is 5.28 Å². The van der Waals surface area contributed by atoms with Gasteiger partial charge in [-0.1, -0.05) is 168 Å². The molecule has 7 heteroatoms. The third-order valence-corrected chi connectivity index (χ3v) is 12.4. The van der Waals surface area contributed by atoms with Crippen LogP contribution in [0.4, 0.5) is 0 Å². The number of aromatic nitrogens is 5. The molecule has 0 N–H and O–H groups in total. The maximum atomic E-state index is 6.26. The van der Waals surface area contributed by atoms with E-state index in [1.165, 1.54) is 60.4 Å². The Bertz CT molecular complexity index is 3610. The molecule has 0 aliphatic rings. The van der Waals surface area contributed by atoms with E-state index in [0.717, 1.165) is 32.4 Å². The fourth-order valence-electron chi connectivity index (χ4n) is 8.67. The van der Waals surface area contributed by atoms with E-state index in [1.807, 2.05) is 48.5 Å². The van der Waals surface area contributed by atoms with Gasteiger partial charge in [-0.25, -0.2) is 4.98 Å². The summed E-state index contributed by atoms with van der Waals surface area (Å²) in [4.78, 5) is 13.4. The highest BCUT2D eigenvalue weighted by atomic mass is 79.9. The monoisotopic (exact) mass is 905 g/mol. The van der Waals surface area contributed by atoms with Crippen molar-refractivity contribution in [1.82, 2.24) is 24.1 Å². The van der Waals surface area contributed by atoms with E-state index in [0.29, 0.717) is 11.6 Å². The molecule has 0 bridgehead atoms. The van der Waals surface area contributed by atoms with Crippen molar-refractivity contribution in [2.45, 2.75) is 0 Å². The van der Waals surface area contributed by atoms with E-state index in [1.54, 1.807) is 0 Å². The van der Waals surface area contributed by atoms with Crippen molar-refractivity contribution in [3.63, 3.8) is 0 Å². The van der Waals surface area contributed by atoms with Crippen LogP contribution in [0.15, 0.2) is 229 Å². The summed E-state index contributed by atoms with van der Waals surface area (Å²) in [6, 6.07) is 78.2. The molecule has 64 heavy (non-hydrogen) atoms. The molecule has 12 rings (SSSR count). The van der Waals surface area contributed by atoms with E-state index in [-0.39, 0.29) is 5.28 Å². The SMILES string of the molecule is Brc1ccc(-c2ccc3c(c2)c2ccccc2n3-c2ccccc2)cc1.Clc1nc(-c2ccccc2)nc(-c2ccc(-c3ccc4c(c3)c3ccccc3n4-c3ccccc3)cc2)n1. The third-order valence-electron chi connectivity index (χ3n) is 11.7. The van der Waals surface area contributed by atoms with Gasteiger partial charge in [0.1, 0.15) is 0 Å². The number of rotatable bonds is 6. The van der Waals surface area contributed by atoms with Crippen LogP contribution in [0, 0.1) is 0 Å². The second kappa shape index (κ2) is 16.9. The molecule has 0 amide bonds. The first kappa shape index (κ1) is 39.2. The molecule has 0 atom stereocenters. The second-order valence-electron chi connectivity index (χ2n) is 15.5. The molecular weight excluding hydrogens is 870 g/mol. The van der Waals surface area contributed by atoms with Crippen LogP contribution in [0.3, 0.4) is 0 Å². The predicted molar refractivity (Wildman–Crippen MR) is 269 cm³/mol. The number of benzene rings is 9.